The number of H-pyrrole nitrogens is 1. The Morgan fingerprint density at radius 2 is 2.00 bits per heavy atom. The molecule has 3 aromatic rings. The van der Waals surface area contributed by atoms with Crippen LogP contribution in [0.3, 0.4) is 0 Å². The van der Waals surface area contributed by atoms with E-state index in [1.165, 1.54) is 6.07 Å². The molecule has 0 fully saturated rings. The van der Waals surface area contributed by atoms with Gasteiger partial charge in [0.05, 0.1) is 17.3 Å². The highest BCUT2D eigenvalue weighted by Gasteiger charge is 2.34. The van der Waals surface area contributed by atoms with Crippen molar-refractivity contribution in [1.82, 2.24) is 30.2 Å². The van der Waals surface area contributed by atoms with Gasteiger partial charge >= 0.3 is 6.18 Å². The maximum absolute atomic E-state index is 13.4. The van der Waals surface area contributed by atoms with Crippen molar-refractivity contribution in [3.05, 3.63) is 41.5 Å². The van der Waals surface area contributed by atoms with E-state index in [1.54, 1.807) is 6.07 Å². The molecule has 0 bridgehead atoms. The monoisotopic (exact) mass is 323 g/mol. The Morgan fingerprint density at radius 3 is 2.65 bits per heavy atom. The summed E-state index contributed by atoms with van der Waals surface area (Å²) in [6.45, 7) is 0. The van der Waals surface area contributed by atoms with Crippen LogP contribution in [-0.4, -0.2) is 30.2 Å². The van der Waals surface area contributed by atoms with Crippen LogP contribution in [0.5, 0.6) is 0 Å². The molecule has 0 radical (unpaired) electrons. The highest BCUT2D eigenvalue weighted by Crippen LogP contribution is 2.28. The molecule has 0 saturated heterocycles. The SMILES string of the molecule is N#Cc1cc(F)cc(-n2nnc(-c3nc(C(F)(F)F)c[nH]3)n2)c1. The third-order valence-corrected chi connectivity index (χ3v) is 2.74. The summed E-state index contributed by atoms with van der Waals surface area (Å²) in [6, 6.07) is 5.14. The molecule has 0 spiro atoms. The van der Waals surface area contributed by atoms with Gasteiger partial charge in [-0.2, -0.15) is 18.4 Å². The van der Waals surface area contributed by atoms with Gasteiger partial charge in [-0.3, -0.25) is 0 Å². The van der Waals surface area contributed by atoms with E-state index in [2.05, 4.69) is 25.4 Å². The molecule has 1 aromatic carbocycles. The summed E-state index contributed by atoms with van der Waals surface area (Å²) in [5.74, 6) is -1.13. The van der Waals surface area contributed by atoms with Gasteiger partial charge in [-0.25, -0.2) is 9.37 Å². The molecule has 0 unspecified atom stereocenters. The topological polar surface area (TPSA) is 96.1 Å². The van der Waals surface area contributed by atoms with Crippen LogP contribution in [0.2, 0.25) is 0 Å². The molecular weight excluding hydrogens is 318 g/mol. The number of nitriles is 1. The Hall–Kier alpha value is -3.29. The quantitative estimate of drug-likeness (QED) is 0.728. The molecule has 2 aromatic heterocycles. The molecule has 0 aliphatic carbocycles. The predicted octanol–water partition coefficient (Wildman–Crippen LogP) is 2.08. The summed E-state index contributed by atoms with van der Waals surface area (Å²) in [6.07, 6.45) is -3.93. The number of rotatable bonds is 2. The fraction of sp³-hybridized carbons (Fsp3) is 0.0833. The smallest absolute Gasteiger partial charge is 0.341 e. The molecule has 1 N–H and O–H groups in total. The number of benzene rings is 1. The summed E-state index contributed by atoms with van der Waals surface area (Å²) in [5.41, 5.74) is -0.986. The Morgan fingerprint density at radius 1 is 1.22 bits per heavy atom. The van der Waals surface area contributed by atoms with Crippen LogP contribution in [0.25, 0.3) is 17.3 Å². The Kier molecular flexibility index (Phi) is 3.29. The molecule has 0 amide bonds. The number of alkyl halides is 3. The van der Waals surface area contributed by atoms with Crippen LogP contribution < -0.4 is 0 Å². The van der Waals surface area contributed by atoms with Crippen molar-refractivity contribution < 1.29 is 17.6 Å². The summed E-state index contributed by atoms with van der Waals surface area (Å²) >= 11 is 0. The van der Waals surface area contributed by atoms with Gasteiger partial charge < -0.3 is 4.98 Å². The first-order chi connectivity index (χ1) is 10.9. The van der Waals surface area contributed by atoms with Crippen molar-refractivity contribution in [1.29, 1.82) is 5.26 Å². The molecule has 0 saturated carbocycles. The van der Waals surface area contributed by atoms with E-state index in [0.717, 1.165) is 16.9 Å². The zero-order valence-electron chi connectivity index (χ0n) is 11.0. The lowest BCUT2D eigenvalue weighted by molar-refractivity contribution is -0.140. The summed E-state index contributed by atoms with van der Waals surface area (Å²) in [5, 5.41) is 19.8. The molecule has 23 heavy (non-hydrogen) atoms. The first-order valence-electron chi connectivity index (χ1n) is 6.01. The zero-order valence-corrected chi connectivity index (χ0v) is 11.0. The average Bonchev–Trinajstić information content (AvgIpc) is 3.14. The third kappa shape index (κ3) is 2.86. The number of nitrogens with zero attached hydrogens (tertiary/aromatic N) is 6. The summed E-state index contributed by atoms with van der Waals surface area (Å²) in [7, 11) is 0. The maximum atomic E-state index is 13.4. The minimum absolute atomic E-state index is 0.0382. The minimum Gasteiger partial charge on any atom is -0.341 e. The predicted molar refractivity (Wildman–Crippen MR) is 66.4 cm³/mol. The Balaban J connectivity index is 1.97. The lowest BCUT2D eigenvalue weighted by atomic mass is 10.2. The molecule has 3 rings (SSSR count). The molecule has 0 atom stereocenters. The van der Waals surface area contributed by atoms with Crippen molar-refractivity contribution in [2.45, 2.75) is 6.18 Å². The Bertz CT molecular complexity index is 903. The largest absolute Gasteiger partial charge is 0.434 e. The molecule has 7 nitrogen and oxygen atoms in total. The van der Waals surface area contributed by atoms with Gasteiger partial charge in [-0.1, -0.05) is 0 Å². The number of aromatic nitrogens is 6. The fourth-order valence-corrected chi connectivity index (χ4v) is 1.75. The standard InChI is InChI=1S/C12H5F4N7/c13-7-1-6(4-17)2-8(3-7)23-21-11(20-22-23)10-18-5-9(19-10)12(14,15)16/h1-3,5H,(H,18,19). The van der Waals surface area contributed by atoms with Gasteiger partial charge in [0.1, 0.15) is 5.82 Å². The van der Waals surface area contributed by atoms with E-state index < -0.39 is 17.7 Å². The molecule has 0 aliphatic rings. The van der Waals surface area contributed by atoms with Gasteiger partial charge in [0.15, 0.2) is 11.5 Å². The van der Waals surface area contributed by atoms with E-state index in [4.69, 9.17) is 5.26 Å². The van der Waals surface area contributed by atoms with Crippen LogP contribution >= 0.6 is 0 Å². The number of nitrogens with one attached hydrogen (secondary N) is 1. The lowest BCUT2D eigenvalue weighted by Crippen LogP contribution is -2.05. The summed E-state index contributed by atoms with van der Waals surface area (Å²) < 4.78 is 50.9. The molecule has 11 heteroatoms. The highest BCUT2D eigenvalue weighted by atomic mass is 19.4. The Labute approximate surface area is 125 Å². The second kappa shape index (κ2) is 5.16. The van der Waals surface area contributed by atoms with E-state index >= 15 is 0 Å². The van der Waals surface area contributed by atoms with E-state index in [-0.39, 0.29) is 22.9 Å². The van der Waals surface area contributed by atoms with Crippen molar-refractivity contribution in [3.63, 3.8) is 0 Å². The molecule has 2 heterocycles. The van der Waals surface area contributed by atoms with Crippen molar-refractivity contribution in [2.24, 2.45) is 0 Å². The van der Waals surface area contributed by atoms with Gasteiger partial charge in [0, 0.05) is 12.3 Å². The van der Waals surface area contributed by atoms with Gasteiger partial charge in [0.25, 0.3) is 0 Å². The van der Waals surface area contributed by atoms with Gasteiger partial charge in [0.2, 0.25) is 5.82 Å². The zero-order chi connectivity index (χ0) is 16.6. The first kappa shape index (κ1) is 14.6. The fourth-order valence-electron chi connectivity index (χ4n) is 1.75. The van der Waals surface area contributed by atoms with Crippen molar-refractivity contribution >= 4 is 0 Å². The van der Waals surface area contributed by atoms with Gasteiger partial charge in [-0.15, -0.1) is 15.0 Å². The molecular formula is C12H5F4N7. The highest BCUT2D eigenvalue weighted by molar-refractivity contribution is 5.44. The second-order valence-corrected chi connectivity index (χ2v) is 4.34. The number of aromatic amines is 1. The number of halogens is 4. The second-order valence-electron chi connectivity index (χ2n) is 4.34. The van der Waals surface area contributed by atoms with E-state index in [9.17, 15) is 17.6 Å². The molecule has 116 valence electrons. The number of tetrazole rings is 1. The number of imidazole rings is 1. The summed E-state index contributed by atoms with van der Waals surface area (Å²) in [4.78, 5) is 6.50. The van der Waals surface area contributed by atoms with E-state index in [0.29, 0.717) is 6.20 Å². The number of hydrogen-bond acceptors (Lipinski definition) is 5. The van der Waals surface area contributed by atoms with E-state index in [1.807, 2.05) is 0 Å². The van der Waals surface area contributed by atoms with Crippen LogP contribution in [0.15, 0.2) is 24.4 Å². The van der Waals surface area contributed by atoms with Gasteiger partial charge in [-0.05, 0) is 17.3 Å². The third-order valence-electron chi connectivity index (χ3n) is 2.74. The van der Waals surface area contributed by atoms with Crippen LogP contribution in [0.4, 0.5) is 17.6 Å². The van der Waals surface area contributed by atoms with Crippen molar-refractivity contribution in [2.75, 3.05) is 0 Å². The van der Waals surface area contributed by atoms with Crippen LogP contribution in [0.1, 0.15) is 11.3 Å². The minimum atomic E-state index is -4.60. The molecule has 0 aliphatic heterocycles. The normalized spacial score (nSPS) is 11.4. The van der Waals surface area contributed by atoms with Crippen LogP contribution in [-0.2, 0) is 6.18 Å². The number of hydrogen-bond donors (Lipinski definition) is 1. The maximum Gasteiger partial charge on any atom is 0.434 e. The van der Waals surface area contributed by atoms with Crippen molar-refractivity contribution in [3.8, 4) is 23.4 Å². The lowest BCUT2D eigenvalue weighted by Gasteiger charge is -1.99. The average molecular weight is 323 g/mol. The first-order valence-corrected chi connectivity index (χ1v) is 6.01. The van der Waals surface area contributed by atoms with Crippen LogP contribution in [0, 0.1) is 17.1 Å².